The third kappa shape index (κ3) is 16.7. The Balaban J connectivity index is 0.00000841. The summed E-state index contributed by atoms with van der Waals surface area (Å²) in [6.07, 6.45) is 16.7. The average molecular weight is 439 g/mol. The first-order valence-electron chi connectivity index (χ1n) is 12.2. The zero-order chi connectivity index (χ0) is 21.2. The van der Waals surface area contributed by atoms with Crippen molar-refractivity contribution in [2.24, 2.45) is 0 Å². The summed E-state index contributed by atoms with van der Waals surface area (Å²) in [4.78, 5) is 12.1. The fourth-order valence-corrected chi connectivity index (χ4v) is 3.87. The van der Waals surface area contributed by atoms with E-state index in [9.17, 15) is 4.79 Å². The Bertz CT molecular complexity index is 519. The molecule has 1 amide bonds. The number of amides is 1. The molecule has 174 valence electrons. The second-order valence-electron chi connectivity index (χ2n) is 9.29. The second kappa shape index (κ2) is 18.7. The van der Waals surface area contributed by atoms with Gasteiger partial charge in [0.25, 0.3) is 0 Å². The molecule has 0 saturated heterocycles. The van der Waals surface area contributed by atoms with E-state index in [1.165, 1.54) is 76.2 Å². The van der Waals surface area contributed by atoms with E-state index in [4.69, 9.17) is 0 Å². The summed E-state index contributed by atoms with van der Waals surface area (Å²) < 4.78 is 0.892. The Morgan fingerprint density at radius 1 is 0.800 bits per heavy atom. The van der Waals surface area contributed by atoms with E-state index in [1.807, 2.05) is 0 Å². The van der Waals surface area contributed by atoms with Crippen LogP contribution >= 0.6 is 0 Å². The normalized spacial score (nSPS) is 11.2. The van der Waals surface area contributed by atoms with Crippen molar-refractivity contribution in [3.8, 4) is 0 Å². The van der Waals surface area contributed by atoms with Gasteiger partial charge in [0, 0.05) is 12.0 Å². The highest BCUT2D eigenvalue weighted by Gasteiger charge is 2.15. The molecule has 0 heterocycles. The van der Waals surface area contributed by atoms with Crippen molar-refractivity contribution >= 4 is 5.91 Å². The van der Waals surface area contributed by atoms with Crippen molar-refractivity contribution in [1.29, 1.82) is 0 Å². The van der Waals surface area contributed by atoms with E-state index in [1.54, 1.807) is 0 Å². The van der Waals surface area contributed by atoms with Gasteiger partial charge in [0.1, 0.15) is 6.54 Å². The topological polar surface area (TPSA) is 29.1 Å². The van der Waals surface area contributed by atoms with Gasteiger partial charge < -0.3 is 22.2 Å². The zero-order valence-corrected chi connectivity index (χ0v) is 20.7. The van der Waals surface area contributed by atoms with Crippen LogP contribution in [0.3, 0.4) is 0 Å². The van der Waals surface area contributed by atoms with Crippen molar-refractivity contribution < 1.29 is 21.7 Å². The molecule has 1 aromatic carbocycles. The van der Waals surface area contributed by atoms with Gasteiger partial charge in [-0.05, 0) is 6.42 Å². The van der Waals surface area contributed by atoms with Crippen LogP contribution in [0.2, 0.25) is 0 Å². The molecule has 0 aliphatic heterocycles. The number of carbonyl (C=O) groups is 1. The lowest BCUT2D eigenvalue weighted by molar-refractivity contribution is -0.902. The van der Waals surface area contributed by atoms with Crippen LogP contribution in [-0.4, -0.2) is 37.6 Å². The van der Waals surface area contributed by atoms with Crippen LogP contribution < -0.4 is 17.7 Å². The van der Waals surface area contributed by atoms with Crippen molar-refractivity contribution in [1.82, 2.24) is 5.32 Å². The molecule has 0 aliphatic rings. The van der Waals surface area contributed by atoms with Crippen LogP contribution in [0, 0.1) is 0 Å². The Kier molecular flexibility index (Phi) is 18.0. The third-order valence-electron chi connectivity index (χ3n) is 5.75. The molecule has 0 radical (unpaired) electrons. The number of hydrogen-bond donors (Lipinski definition) is 1. The molecule has 1 N–H and O–H groups in total. The first-order chi connectivity index (χ1) is 14.0. The van der Waals surface area contributed by atoms with Crippen LogP contribution in [-0.2, 0) is 11.3 Å². The molecule has 0 bridgehead atoms. The van der Waals surface area contributed by atoms with Gasteiger partial charge in [0.15, 0.2) is 0 Å². The monoisotopic (exact) mass is 438 g/mol. The minimum atomic E-state index is 0. The van der Waals surface area contributed by atoms with Crippen LogP contribution in [0.4, 0.5) is 0 Å². The highest BCUT2D eigenvalue weighted by Crippen LogP contribution is 2.12. The largest absolute Gasteiger partial charge is 1.00 e. The summed E-state index contributed by atoms with van der Waals surface area (Å²) in [5.74, 6) is 0.219. The zero-order valence-electron chi connectivity index (χ0n) is 19.9. The molecular weight excluding hydrogens is 392 g/mol. The van der Waals surface area contributed by atoms with Crippen molar-refractivity contribution in [3.05, 3.63) is 35.9 Å². The number of rotatable bonds is 18. The number of nitrogens with one attached hydrogen (secondary N) is 1. The maximum Gasteiger partial charge on any atom is 0.220 e. The quantitative estimate of drug-likeness (QED) is 0.276. The number of carbonyl (C=O) groups excluding carboxylic acids is 1. The molecule has 30 heavy (non-hydrogen) atoms. The molecule has 1 rings (SSSR count). The lowest BCUT2D eigenvalue weighted by Gasteiger charge is -2.30. The first kappa shape index (κ1) is 28.9. The van der Waals surface area contributed by atoms with Gasteiger partial charge in [-0.2, -0.15) is 0 Å². The van der Waals surface area contributed by atoms with Crippen LogP contribution in [0.5, 0.6) is 0 Å². The molecule has 0 fully saturated rings. The van der Waals surface area contributed by atoms with E-state index in [2.05, 4.69) is 56.7 Å². The Labute approximate surface area is 193 Å². The average Bonchev–Trinajstić information content (AvgIpc) is 2.69. The maximum absolute atomic E-state index is 12.1. The fourth-order valence-electron chi connectivity index (χ4n) is 3.87. The van der Waals surface area contributed by atoms with Gasteiger partial charge in [0.05, 0.1) is 27.2 Å². The van der Waals surface area contributed by atoms with Crippen LogP contribution in [0.1, 0.15) is 96.0 Å². The Hall–Kier alpha value is -1.06. The molecule has 0 aromatic heterocycles. The van der Waals surface area contributed by atoms with Crippen molar-refractivity contribution in [3.63, 3.8) is 0 Å². The molecule has 0 unspecified atom stereocenters. The molecule has 4 heteroatoms. The summed E-state index contributed by atoms with van der Waals surface area (Å²) in [5.41, 5.74) is 1.35. The van der Waals surface area contributed by atoms with Gasteiger partial charge in [-0.3, -0.25) is 4.79 Å². The summed E-state index contributed by atoms with van der Waals surface area (Å²) in [7, 11) is 4.45. The maximum atomic E-state index is 12.1. The molecule has 0 saturated carbocycles. The Morgan fingerprint density at radius 2 is 1.30 bits per heavy atom. The molecule has 1 aromatic rings. The summed E-state index contributed by atoms with van der Waals surface area (Å²) >= 11 is 0. The van der Waals surface area contributed by atoms with Crippen molar-refractivity contribution in [2.75, 3.05) is 27.2 Å². The smallest absolute Gasteiger partial charge is 0.220 e. The molecule has 0 atom stereocenters. The van der Waals surface area contributed by atoms with Crippen LogP contribution in [0.25, 0.3) is 0 Å². The number of benzene rings is 1. The van der Waals surface area contributed by atoms with E-state index < -0.39 is 0 Å². The molecule has 0 spiro atoms. The predicted molar refractivity (Wildman–Crippen MR) is 126 cm³/mol. The second-order valence-corrected chi connectivity index (χ2v) is 9.29. The summed E-state index contributed by atoms with van der Waals surface area (Å²) in [6, 6.07) is 10.6. The number of likely N-dealkylation sites (N-methyl/N-ethyl adjacent to an activating group) is 1. The first-order valence-corrected chi connectivity index (χ1v) is 12.2. The number of halogens is 1. The molecular formula is C26H47ClN2O. The predicted octanol–water partition coefficient (Wildman–Crippen LogP) is 3.47. The minimum absolute atomic E-state index is 0. The minimum Gasteiger partial charge on any atom is -1.00 e. The fraction of sp³-hybridized carbons (Fsp3) is 0.731. The van der Waals surface area contributed by atoms with Gasteiger partial charge in [-0.15, -0.1) is 0 Å². The van der Waals surface area contributed by atoms with E-state index >= 15 is 0 Å². The number of nitrogens with zero attached hydrogens (tertiary/aromatic N) is 1. The van der Waals surface area contributed by atoms with Crippen molar-refractivity contribution in [2.45, 2.75) is 96.9 Å². The van der Waals surface area contributed by atoms with E-state index in [-0.39, 0.29) is 18.3 Å². The van der Waals surface area contributed by atoms with E-state index in [0.717, 1.165) is 30.5 Å². The lowest BCUT2D eigenvalue weighted by atomic mass is 10.0. The standard InChI is InChI=1S/C26H46N2O.ClH/c1-4-5-6-7-8-9-10-11-12-13-14-18-21-26(29)27-22-23-28(2,3)24-25-19-16-15-17-20-25;/h15-17,19-20H,4-14,18,21-24H2,1-3H3;1H. The SMILES string of the molecule is CCCCCCCCCCCCCCC(=O)NCC[N+](C)(C)Cc1ccccc1.[Cl-]. The van der Waals surface area contributed by atoms with Gasteiger partial charge in [0.2, 0.25) is 5.91 Å². The number of quaternary nitrogens is 1. The summed E-state index contributed by atoms with van der Waals surface area (Å²) in [6.45, 7) is 4.99. The molecule has 3 nitrogen and oxygen atoms in total. The number of unbranched alkanes of at least 4 members (excludes halogenated alkanes) is 11. The summed E-state index contributed by atoms with van der Waals surface area (Å²) in [5, 5.41) is 3.11. The molecule has 0 aliphatic carbocycles. The van der Waals surface area contributed by atoms with Gasteiger partial charge in [-0.1, -0.05) is 108 Å². The lowest BCUT2D eigenvalue weighted by Crippen LogP contribution is -3.00. The number of hydrogen-bond acceptors (Lipinski definition) is 1. The van der Waals surface area contributed by atoms with E-state index in [0.29, 0.717) is 6.42 Å². The highest BCUT2D eigenvalue weighted by atomic mass is 35.5. The Morgan fingerprint density at radius 3 is 1.83 bits per heavy atom. The third-order valence-corrected chi connectivity index (χ3v) is 5.75. The van der Waals surface area contributed by atoms with Crippen LogP contribution in [0.15, 0.2) is 30.3 Å². The highest BCUT2D eigenvalue weighted by molar-refractivity contribution is 5.75. The van der Waals surface area contributed by atoms with Gasteiger partial charge >= 0.3 is 0 Å². The van der Waals surface area contributed by atoms with Gasteiger partial charge in [-0.25, -0.2) is 0 Å².